The van der Waals surface area contributed by atoms with Gasteiger partial charge in [0.15, 0.2) is 0 Å². The number of aliphatic carboxylic acids is 1. The lowest BCUT2D eigenvalue weighted by molar-refractivity contribution is -0.167. The van der Waals surface area contributed by atoms with E-state index in [-0.39, 0.29) is 0 Å². The predicted octanol–water partition coefficient (Wildman–Crippen LogP) is 0.289. The standard InChI is InChI=1S/C14H22N2O4/c1-13(2,3)20-11(17)9-6-8-16-14(9,12(18)19)10-5-4-7-15-10/h4-5,9-10,15-16H,6-8H2,1-3H3,(H,18,19)/t9?,10?,14-/m1/s1. The summed E-state index contributed by atoms with van der Waals surface area (Å²) in [6, 6.07) is -0.403. The molecule has 2 rings (SSSR count). The van der Waals surface area contributed by atoms with Gasteiger partial charge in [0.1, 0.15) is 11.1 Å². The molecule has 0 aromatic heterocycles. The molecule has 0 aromatic rings. The van der Waals surface area contributed by atoms with Crippen LogP contribution >= 0.6 is 0 Å². The topological polar surface area (TPSA) is 87.7 Å². The lowest BCUT2D eigenvalue weighted by Crippen LogP contribution is -2.65. The van der Waals surface area contributed by atoms with Crippen molar-refractivity contribution in [3.63, 3.8) is 0 Å². The van der Waals surface area contributed by atoms with Crippen molar-refractivity contribution in [1.82, 2.24) is 10.6 Å². The van der Waals surface area contributed by atoms with Gasteiger partial charge in [0.05, 0.1) is 12.0 Å². The van der Waals surface area contributed by atoms with Crippen LogP contribution in [0, 0.1) is 5.92 Å². The van der Waals surface area contributed by atoms with E-state index < -0.39 is 35.0 Å². The van der Waals surface area contributed by atoms with Crippen LogP contribution in [-0.2, 0) is 14.3 Å². The van der Waals surface area contributed by atoms with E-state index in [4.69, 9.17) is 4.74 Å². The number of carbonyl (C=O) groups excluding carboxylic acids is 1. The first-order valence-corrected chi connectivity index (χ1v) is 6.89. The van der Waals surface area contributed by atoms with Gasteiger partial charge < -0.3 is 15.2 Å². The van der Waals surface area contributed by atoms with Crippen LogP contribution in [0.15, 0.2) is 12.2 Å². The third-order valence-electron chi connectivity index (χ3n) is 3.72. The Balaban J connectivity index is 2.28. The van der Waals surface area contributed by atoms with Gasteiger partial charge >= 0.3 is 11.9 Å². The minimum absolute atomic E-state index is 0.403. The zero-order valence-corrected chi connectivity index (χ0v) is 12.1. The van der Waals surface area contributed by atoms with Crippen molar-refractivity contribution in [1.29, 1.82) is 0 Å². The zero-order valence-electron chi connectivity index (χ0n) is 12.1. The van der Waals surface area contributed by atoms with Crippen molar-refractivity contribution in [2.45, 2.75) is 44.4 Å². The van der Waals surface area contributed by atoms with E-state index in [1.54, 1.807) is 20.8 Å². The Hall–Kier alpha value is -1.40. The molecule has 1 saturated heterocycles. The predicted molar refractivity (Wildman–Crippen MR) is 73.3 cm³/mol. The molecule has 2 unspecified atom stereocenters. The number of rotatable bonds is 3. The van der Waals surface area contributed by atoms with Crippen molar-refractivity contribution in [2.24, 2.45) is 5.92 Å². The highest BCUT2D eigenvalue weighted by Gasteiger charge is 2.58. The van der Waals surface area contributed by atoms with Crippen molar-refractivity contribution in [2.75, 3.05) is 13.1 Å². The highest BCUT2D eigenvalue weighted by Crippen LogP contribution is 2.34. The van der Waals surface area contributed by atoms with Gasteiger partial charge in [-0.1, -0.05) is 12.2 Å². The molecule has 3 atom stereocenters. The molecule has 2 heterocycles. The summed E-state index contributed by atoms with van der Waals surface area (Å²) in [5.41, 5.74) is -1.95. The van der Waals surface area contributed by atoms with Crippen LogP contribution in [0.4, 0.5) is 0 Å². The van der Waals surface area contributed by atoms with Gasteiger partial charge in [0.2, 0.25) is 0 Å². The van der Waals surface area contributed by atoms with Gasteiger partial charge in [-0.3, -0.25) is 14.9 Å². The molecule has 6 nitrogen and oxygen atoms in total. The van der Waals surface area contributed by atoms with Crippen molar-refractivity contribution in [3.05, 3.63) is 12.2 Å². The van der Waals surface area contributed by atoms with Crippen molar-refractivity contribution >= 4 is 11.9 Å². The second kappa shape index (κ2) is 5.18. The Bertz CT molecular complexity index is 441. The highest BCUT2D eigenvalue weighted by molar-refractivity contribution is 5.90. The Kier molecular flexibility index (Phi) is 3.88. The number of carboxylic acids is 1. The summed E-state index contributed by atoms with van der Waals surface area (Å²) in [5.74, 6) is -2.17. The minimum atomic E-state index is -1.32. The van der Waals surface area contributed by atoms with Crippen LogP contribution < -0.4 is 10.6 Å². The molecule has 1 fully saturated rings. The average Bonchev–Trinajstić information content (AvgIpc) is 2.96. The molecule has 3 N–H and O–H groups in total. The molecule has 0 amide bonds. The summed E-state index contributed by atoms with van der Waals surface area (Å²) in [6.07, 6.45) is 4.15. The van der Waals surface area contributed by atoms with Crippen molar-refractivity contribution in [3.8, 4) is 0 Å². The Morgan fingerprint density at radius 3 is 2.60 bits per heavy atom. The molecule has 0 aliphatic carbocycles. The first-order valence-electron chi connectivity index (χ1n) is 6.89. The van der Waals surface area contributed by atoms with Crippen LogP contribution in [0.2, 0.25) is 0 Å². The molecular formula is C14H22N2O4. The molecule has 0 spiro atoms. The normalized spacial score (nSPS) is 33.4. The maximum Gasteiger partial charge on any atom is 0.326 e. The summed E-state index contributed by atoms with van der Waals surface area (Å²) in [4.78, 5) is 24.2. The molecule has 2 aliphatic rings. The third kappa shape index (κ3) is 2.58. The Morgan fingerprint density at radius 2 is 2.10 bits per heavy atom. The number of esters is 1. The maximum atomic E-state index is 12.4. The Labute approximate surface area is 118 Å². The molecular weight excluding hydrogens is 260 g/mol. The van der Waals surface area contributed by atoms with Gasteiger partial charge in [0.25, 0.3) is 0 Å². The lowest BCUT2D eigenvalue weighted by atomic mass is 9.79. The van der Waals surface area contributed by atoms with E-state index >= 15 is 0 Å². The summed E-state index contributed by atoms with van der Waals surface area (Å²) in [5, 5.41) is 15.8. The number of ether oxygens (including phenoxy) is 1. The van der Waals surface area contributed by atoms with E-state index in [9.17, 15) is 14.7 Å². The molecule has 0 bridgehead atoms. The third-order valence-corrected chi connectivity index (χ3v) is 3.72. The lowest BCUT2D eigenvalue weighted by Gasteiger charge is -2.36. The molecule has 2 aliphatic heterocycles. The first kappa shape index (κ1) is 15.0. The van der Waals surface area contributed by atoms with E-state index in [0.29, 0.717) is 19.5 Å². The van der Waals surface area contributed by atoms with E-state index in [1.165, 1.54) is 0 Å². The number of carboxylic acid groups (broad SMARTS) is 1. The summed E-state index contributed by atoms with van der Waals surface area (Å²) in [6.45, 7) is 6.45. The molecule has 0 radical (unpaired) electrons. The number of hydrogen-bond acceptors (Lipinski definition) is 5. The number of nitrogens with one attached hydrogen (secondary N) is 2. The van der Waals surface area contributed by atoms with Crippen LogP contribution in [-0.4, -0.2) is 47.3 Å². The molecule has 0 aromatic carbocycles. The largest absolute Gasteiger partial charge is 0.480 e. The maximum absolute atomic E-state index is 12.4. The summed E-state index contributed by atoms with van der Waals surface area (Å²) < 4.78 is 5.39. The smallest absolute Gasteiger partial charge is 0.326 e. The van der Waals surface area contributed by atoms with Crippen molar-refractivity contribution < 1.29 is 19.4 Å². The van der Waals surface area contributed by atoms with Crippen LogP contribution in [0.3, 0.4) is 0 Å². The monoisotopic (exact) mass is 282 g/mol. The van der Waals surface area contributed by atoms with E-state index in [2.05, 4.69) is 10.6 Å². The van der Waals surface area contributed by atoms with Gasteiger partial charge in [-0.2, -0.15) is 0 Å². The summed E-state index contributed by atoms with van der Waals surface area (Å²) >= 11 is 0. The van der Waals surface area contributed by atoms with Gasteiger partial charge in [-0.25, -0.2) is 0 Å². The summed E-state index contributed by atoms with van der Waals surface area (Å²) in [7, 11) is 0. The first-order chi connectivity index (χ1) is 9.27. The SMILES string of the molecule is CC(C)(C)OC(=O)C1CCN[C@@]1(C(=O)O)C1C=CCN1. The second-order valence-electron chi connectivity index (χ2n) is 6.29. The van der Waals surface area contributed by atoms with Crippen LogP contribution in [0.1, 0.15) is 27.2 Å². The van der Waals surface area contributed by atoms with Gasteiger partial charge in [-0.15, -0.1) is 0 Å². The van der Waals surface area contributed by atoms with Gasteiger partial charge in [0, 0.05) is 6.54 Å². The number of carbonyl (C=O) groups is 2. The molecule has 20 heavy (non-hydrogen) atoms. The van der Waals surface area contributed by atoms with Crippen LogP contribution in [0.5, 0.6) is 0 Å². The van der Waals surface area contributed by atoms with Gasteiger partial charge in [-0.05, 0) is 33.7 Å². The van der Waals surface area contributed by atoms with E-state index in [1.807, 2.05) is 12.2 Å². The van der Waals surface area contributed by atoms with E-state index in [0.717, 1.165) is 0 Å². The Morgan fingerprint density at radius 1 is 1.40 bits per heavy atom. The quantitative estimate of drug-likeness (QED) is 0.509. The number of hydrogen-bond donors (Lipinski definition) is 3. The fraction of sp³-hybridized carbons (Fsp3) is 0.714. The molecule has 112 valence electrons. The second-order valence-corrected chi connectivity index (χ2v) is 6.29. The van der Waals surface area contributed by atoms with Crippen LogP contribution in [0.25, 0.3) is 0 Å². The fourth-order valence-electron chi connectivity index (χ4n) is 2.92. The fourth-order valence-corrected chi connectivity index (χ4v) is 2.92. The molecule has 0 saturated carbocycles. The minimum Gasteiger partial charge on any atom is -0.480 e. The zero-order chi connectivity index (χ0) is 15.0. The average molecular weight is 282 g/mol. The highest BCUT2D eigenvalue weighted by atomic mass is 16.6. The molecule has 6 heteroatoms.